The van der Waals surface area contributed by atoms with Crippen LogP contribution in [-0.2, 0) is 21.4 Å². The minimum Gasteiger partial charge on any atom is -0.454 e. The first-order valence-corrected chi connectivity index (χ1v) is 8.68. The van der Waals surface area contributed by atoms with Crippen LogP contribution in [0.25, 0.3) is 0 Å². The Morgan fingerprint density at radius 1 is 1.32 bits per heavy atom. The van der Waals surface area contributed by atoms with Gasteiger partial charge in [-0.2, -0.15) is 0 Å². The van der Waals surface area contributed by atoms with Crippen LogP contribution in [0.2, 0.25) is 0 Å². The number of hydrogen-bond acceptors (Lipinski definition) is 5. The van der Waals surface area contributed by atoms with Gasteiger partial charge in [0.2, 0.25) is 22.7 Å². The van der Waals surface area contributed by atoms with Gasteiger partial charge in [0.15, 0.2) is 11.5 Å². The minimum absolute atomic E-state index is 0.0230. The third-order valence-electron chi connectivity index (χ3n) is 3.34. The van der Waals surface area contributed by atoms with Gasteiger partial charge in [0.25, 0.3) is 0 Å². The number of nitrogens with one attached hydrogen (secondary N) is 1. The van der Waals surface area contributed by atoms with E-state index in [1.54, 1.807) is 17.9 Å². The number of benzene rings is 1. The van der Waals surface area contributed by atoms with Gasteiger partial charge in [-0.15, -0.1) is 0 Å². The Kier molecular flexibility index (Phi) is 5.25. The Morgan fingerprint density at radius 3 is 2.73 bits per heavy atom. The van der Waals surface area contributed by atoms with Crippen molar-refractivity contribution >= 4 is 15.9 Å². The van der Waals surface area contributed by atoms with Crippen molar-refractivity contribution in [2.24, 2.45) is 0 Å². The lowest BCUT2D eigenvalue weighted by Gasteiger charge is -2.21. The molecule has 22 heavy (non-hydrogen) atoms. The minimum atomic E-state index is -3.25. The zero-order valence-electron chi connectivity index (χ0n) is 12.7. The molecule has 0 aromatic heterocycles. The van der Waals surface area contributed by atoms with E-state index in [4.69, 9.17) is 9.47 Å². The highest BCUT2D eigenvalue weighted by Crippen LogP contribution is 2.32. The summed E-state index contributed by atoms with van der Waals surface area (Å²) in [5.74, 6) is 1.25. The SMILES string of the molecule is CCS(=O)(=O)NCCN(Cc1ccc2c(c1)OCO2)C(C)=O. The highest BCUT2D eigenvalue weighted by atomic mass is 32.2. The molecule has 2 rings (SSSR count). The van der Waals surface area contributed by atoms with Crippen molar-refractivity contribution in [3.63, 3.8) is 0 Å². The highest BCUT2D eigenvalue weighted by molar-refractivity contribution is 7.89. The highest BCUT2D eigenvalue weighted by Gasteiger charge is 2.16. The Morgan fingerprint density at radius 2 is 2.05 bits per heavy atom. The second kappa shape index (κ2) is 6.97. The third-order valence-corrected chi connectivity index (χ3v) is 4.74. The number of carbonyl (C=O) groups is 1. The molecule has 0 saturated carbocycles. The van der Waals surface area contributed by atoms with Gasteiger partial charge in [0.05, 0.1) is 5.75 Å². The fourth-order valence-corrected chi connectivity index (χ4v) is 2.65. The number of rotatable bonds is 7. The average molecular weight is 328 g/mol. The molecule has 1 amide bonds. The van der Waals surface area contributed by atoms with Gasteiger partial charge in [-0.1, -0.05) is 6.07 Å². The molecular formula is C14H20N2O5S. The number of sulfonamides is 1. The first-order chi connectivity index (χ1) is 10.4. The van der Waals surface area contributed by atoms with Crippen LogP contribution in [0.4, 0.5) is 0 Å². The van der Waals surface area contributed by atoms with Crippen LogP contribution >= 0.6 is 0 Å². The van der Waals surface area contributed by atoms with E-state index in [2.05, 4.69) is 4.72 Å². The average Bonchev–Trinajstić information content (AvgIpc) is 2.93. The predicted molar refractivity (Wildman–Crippen MR) is 81.1 cm³/mol. The fraction of sp³-hybridized carbons (Fsp3) is 0.500. The lowest BCUT2D eigenvalue weighted by molar-refractivity contribution is -0.129. The van der Waals surface area contributed by atoms with Crippen molar-refractivity contribution in [3.8, 4) is 11.5 Å². The molecule has 1 aromatic carbocycles. The van der Waals surface area contributed by atoms with Crippen LogP contribution in [0.3, 0.4) is 0 Å². The molecule has 1 aliphatic heterocycles. The van der Waals surface area contributed by atoms with Crippen molar-refractivity contribution in [1.29, 1.82) is 0 Å². The van der Waals surface area contributed by atoms with E-state index in [1.807, 2.05) is 12.1 Å². The zero-order chi connectivity index (χ0) is 16.2. The molecule has 0 unspecified atom stereocenters. The van der Waals surface area contributed by atoms with Crippen LogP contribution in [0.15, 0.2) is 18.2 Å². The largest absolute Gasteiger partial charge is 0.454 e. The van der Waals surface area contributed by atoms with Crippen LogP contribution in [0.5, 0.6) is 11.5 Å². The molecule has 7 nitrogen and oxygen atoms in total. The first kappa shape index (κ1) is 16.6. The summed E-state index contributed by atoms with van der Waals surface area (Å²) in [7, 11) is -3.25. The van der Waals surface area contributed by atoms with E-state index in [1.165, 1.54) is 6.92 Å². The summed E-state index contributed by atoms with van der Waals surface area (Å²) in [5.41, 5.74) is 0.901. The van der Waals surface area contributed by atoms with Gasteiger partial charge in [-0.25, -0.2) is 13.1 Å². The summed E-state index contributed by atoms with van der Waals surface area (Å²) in [6.07, 6.45) is 0. The van der Waals surface area contributed by atoms with Crippen molar-refractivity contribution in [1.82, 2.24) is 9.62 Å². The quantitative estimate of drug-likeness (QED) is 0.796. The molecule has 0 aliphatic carbocycles. The molecule has 0 spiro atoms. The second-order valence-corrected chi connectivity index (χ2v) is 7.02. The first-order valence-electron chi connectivity index (χ1n) is 7.02. The van der Waals surface area contributed by atoms with Gasteiger partial charge in [0, 0.05) is 26.6 Å². The van der Waals surface area contributed by atoms with Gasteiger partial charge in [-0.05, 0) is 24.6 Å². The normalized spacial score (nSPS) is 13.2. The van der Waals surface area contributed by atoms with E-state index < -0.39 is 10.0 Å². The Bertz CT molecular complexity index is 645. The summed E-state index contributed by atoms with van der Waals surface area (Å²) < 4.78 is 35.8. The number of fused-ring (bicyclic) bond motifs is 1. The zero-order valence-corrected chi connectivity index (χ0v) is 13.5. The van der Waals surface area contributed by atoms with Crippen LogP contribution < -0.4 is 14.2 Å². The molecule has 1 heterocycles. The molecule has 1 N–H and O–H groups in total. The van der Waals surface area contributed by atoms with Crippen molar-refractivity contribution in [3.05, 3.63) is 23.8 Å². The number of nitrogens with zero attached hydrogens (tertiary/aromatic N) is 1. The van der Waals surface area contributed by atoms with Gasteiger partial charge in [-0.3, -0.25) is 4.79 Å². The lowest BCUT2D eigenvalue weighted by atomic mass is 10.2. The summed E-state index contributed by atoms with van der Waals surface area (Å²) in [6.45, 7) is 4.12. The van der Waals surface area contributed by atoms with E-state index in [0.717, 1.165) is 5.56 Å². The number of hydrogen-bond donors (Lipinski definition) is 1. The maximum absolute atomic E-state index is 11.7. The maximum Gasteiger partial charge on any atom is 0.231 e. The van der Waals surface area contributed by atoms with Crippen LogP contribution in [-0.4, -0.2) is 44.9 Å². The molecule has 1 aromatic rings. The topological polar surface area (TPSA) is 84.9 Å². The third kappa shape index (κ3) is 4.35. The smallest absolute Gasteiger partial charge is 0.231 e. The fourth-order valence-electron chi connectivity index (χ4n) is 2.05. The van der Waals surface area contributed by atoms with Crippen molar-refractivity contribution in [2.45, 2.75) is 20.4 Å². The molecule has 0 bridgehead atoms. The Balaban J connectivity index is 1.96. The van der Waals surface area contributed by atoms with Gasteiger partial charge >= 0.3 is 0 Å². The number of carbonyl (C=O) groups excluding carboxylic acids is 1. The summed E-state index contributed by atoms with van der Waals surface area (Å²) in [4.78, 5) is 13.3. The molecule has 8 heteroatoms. The maximum atomic E-state index is 11.7. The summed E-state index contributed by atoms with van der Waals surface area (Å²) >= 11 is 0. The standard InChI is InChI=1S/C14H20N2O5S/c1-3-22(18,19)15-6-7-16(11(2)17)9-12-4-5-13-14(8-12)21-10-20-13/h4-5,8,15H,3,6-7,9-10H2,1-2H3. The molecule has 122 valence electrons. The lowest BCUT2D eigenvalue weighted by Crippen LogP contribution is -2.37. The monoisotopic (exact) mass is 328 g/mol. The molecule has 0 atom stereocenters. The summed E-state index contributed by atoms with van der Waals surface area (Å²) in [5, 5.41) is 0. The molecule has 0 fully saturated rings. The van der Waals surface area contributed by atoms with Crippen molar-refractivity contribution < 1.29 is 22.7 Å². The molecule has 1 aliphatic rings. The number of amides is 1. The van der Waals surface area contributed by atoms with Gasteiger partial charge < -0.3 is 14.4 Å². The van der Waals surface area contributed by atoms with E-state index >= 15 is 0 Å². The van der Waals surface area contributed by atoms with Crippen LogP contribution in [0, 0.1) is 0 Å². The predicted octanol–water partition coefficient (Wildman–Crippen LogP) is 0.703. The van der Waals surface area contributed by atoms with Crippen LogP contribution in [0.1, 0.15) is 19.4 Å². The van der Waals surface area contributed by atoms with E-state index in [0.29, 0.717) is 24.6 Å². The van der Waals surface area contributed by atoms with E-state index in [9.17, 15) is 13.2 Å². The molecule has 0 saturated heterocycles. The molecular weight excluding hydrogens is 308 g/mol. The Hall–Kier alpha value is -1.80. The molecule has 0 radical (unpaired) electrons. The van der Waals surface area contributed by atoms with E-state index in [-0.39, 0.29) is 25.0 Å². The van der Waals surface area contributed by atoms with Crippen molar-refractivity contribution in [2.75, 3.05) is 25.6 Å². The van der Waals surface area contributed by atoms with Gasteiger partial charge in [0.1, 0.15) is 0 Å². The second-order valence-electron chi connectivity index (χ2n) is 4.93. The Labute approximate surface area is 130 Å². The summed E-state index contributed by atoms with van der Waals surface area (Å²) in [6, 6.07) is 5.49. The number of ether oxygens (including phenoxy) is 2.